The summed E-state index contributed by atoms with van der Waals surface area (Å²) in [7, 11) is 0. The topological polar surface area (TPSA) is 185 Å². The number of hydrogen-bond donors (Lipinski definition) is 5. The van der Waals surface area contributed by atoms with E-state index in [1.807, 2.05) is 4.90 Å². The maximum absolute atomic E-state index is 11.0. The molecule has 0 bridgehead atoms. The van der Waals surface area contributed by atoms with Crippen molar-refractivity contribution in [1.29, 1.82) is 0 Å². The van der Waals surface area contributed by atoms with Crippen LogP contribution in [0.1, 0.15) is 32.1 Å². The van der Waals surface area contributed by atoms with E-state index in [-0.39, 0.29) is 13.1 Å². The van der Waals surface area contributed by atoms with Crippen molar-refractivity contribution in [1.82, 2.24) is 14.7 Å². The fourth-order valence-electron chi connectivity index (χ4n) is 3.10. The van der Waals surface area contributed by atoms with Crippen molar-refractivity contribution >= 4 is 23.9 Å². The normalized spacial score (nSPS) is 11.4. The zero-order valence-electron chi connectivity index (χ0n) is 17.9. The molecule has 0 rings (SSSR count). The molecule has 12 nitrogen and oxygen atoms in total. The van der Waals surface area contributed by atoms with E-state index in [4.69, 9.17) is 26.2 Å². The molecule has 0 aliphatic carbocycles. The summed E-state index contributed by atoms with van der Waals surface area (Å²) < 4.78 is 0. The van der Waals surface area contributed by atoms with Crippen LogP contribution in [0.5, 0.6) is 0 Å². The Morgan fingerprint density at radius 2 is 0.806 bits per heavy atom. The first kappa shape index (κ1) is 28.7. The van der Waals surface area contributed by atoms with Crippen LogP contribution < -0.4 is 5.73 Å². The van der Waals surface area contributed by atoms with Crippen LogP contribution in [0.4, 0.5) is 0 Å². The lowest BCUT2D eigenvalue weighted by Crippen LogP contribution is -2.44. The second kappa shape index (κ2) is 17.4. The number of nitrogens with zero attached hydrogens (tertiary/aromatic N) is 3. The van der Waals surface area contributed by atoms with Gasteiger partial charge in [0.2, 0.25) is 0 Å². The van der Waals surface area contributed by atoms with Crippen LogP contribution in [0, 0.1) is 0 Å². The molecule has 0 saturated heterocycles. The van der Waals surface area contributed by atoms with Gasteiger partial charge in [0.1, 0.15) is 0 Å². The molecular formula is C19H36N4O8. The average Bonchev–Trinajstić information content (AvgIpc) is 2.63. The van der Waals surface area contributed by atoms with Crippen molar-refractivity contribution in [3.63, 3.8) is 0 Å². The predicted octanol–water partition coefficient (Wildman–Crippen LogP) is -0.860. The molecule has 0 aromatic rings. The third-order valence-corrected chi connectivity index (χ3v) is 4.58. The Kier molecular flexibility index (Phi) is 16.1. The Hall–Kier alpha value is -2.28. The summed E-state index contributed by atoms with van der Waals surface area (Å²) in [5.74, 6) is -4.49. The van der Waals surface area contributed by atoms with Crippen LogP contribution in [-0.2, 0) is 19.2 Å². The van der Waals surface area contributed by atoms with E-state index in [0.717, 1.165) is 32.1 Å². The lowest BCUT2D eigenvalue weighted by molar-refractivity contribution is -0.143. The molecule has 31 heavy (non-hydrogen) atoms. The molecule has 0 aliphatic heterocycles. The standard InChI is InChI=1S/C19H36N4O8/c20-6-4-2-1-3-5-7-21(8-10-22(12-16(24)25)13-17(26)27)9-11-23(14-18(28)29)15-19(30)31/h1-15,20H2,(H,24,25)(H,26,27)(H,28,29)(H,30,31). The molecule has 0 aromatic heterocycles. The van der Waals surface area contributed by atoms with E-state index in [9.17, 15) is 19.2 Å². The lowest BCUT2D eigenvalue weighted by Gasteiger charge is -2.28. The van der Waals surface area contributed by atoms with Crippen LogP contribution in [0.2, 0.25) is 0 Å². The van der Waals surface area contributed by atoms with Crippen molar-refractivity contribution < 1.29 is 39.6 Å². The quantitative estimate of drug-likeness (QED) is 0.137. The van der Waals surface area contributed by atoms with E-state index in [1.165, 1.54) is 9.80 Å². The Balaban J connectivity index is 4.85. The van der Waals surface area contributed by atoms with Gasteiger partial charge in [-0.3, -0.25) is 29.0 Å². The highest BCUT2D eigenvalue weighted by Gasteiger charge is 2.18. The molecular weight excluding hydrogens is 412 g/mol. The number of carboxylic acid groups (broad SMARTS) is 4. The summed E-state index contributed by atoms with van der Waals surface area (Å²) in [6.45, 7) is 0.907. The highest BCUT2D eigenvalue weighted by Crippen LogP contribution is 2.05. The monoisotopic (exact) mass is 448 g/mol. The third-order valence-electron chi connectivity index (χ3n) is 4.58. The van der Waals surface area contributed by atoms with Gasteiger partial charge in [-0.2, -0.15) is 0 Å². The number of carboxylic acids is 4. The van der Waals surface area contributed by atoms with Gasteiger partial charge in [-0.1, -0.05) is 19.3 Å². The first-order valence-electron chi connectivity index (χ1n) is 10.4. The molecule has 0 radical (unpaired) electrons. The van der Waals surface area contributed by atoms with Gasteiger partial charge in [0, 0.05) is 26.2 Å². The Morgan fingerprint density at radius 3 is 1.16 bits per heavy atom. The Morgan fingerprint density at radius 1 is 0.484 bits per heavy atom. The summed E-state index contributed by atoms with van der Waals surface area (Å²) in [6, 6.07) is 0. The van der Waals surface area contributed by atoms with E-state index < -0.39 is 50.1 Å². The number of hydrogen-bond acceptors (Lipinski definition) is 8. The molecule has 0 heterocycles. The highest BCUT2D eigenvalue weighted by atomic mass is 16.4. The minimum atomic E-state index is -1.12. The number of carbonyl (C=O) groups is 4. The van der Waals surface area contributed by atoms with Gasteiger partial charge < -0.3 is 31.1 Å². The van der Waals surface area contributed by atoms with Crippen molar-refractivity contribution in [2.45, 2.75) is 32.1 Å². The fraction of sp³-hybridized carbons (Fsp3) is 0.789. The summed E-state index contributed by atoms with van der Waals surface area (Å²) in [5.41, 5.74) is 5.48. The number of unbranched alkanes of at least 4 members (excludes halogenated alkanes) is 4. The van der Waals surface area contributed by atoms with Gasteiger partial charge in [-0.25, -0.2) is 0 Å². The summed E-state index contributed by atoms with van der Waals surface area (Å²) >= 11 is 0. The Bertz CT molecular complexity index is 489. The average molecular weight is 449 g/mol. The first-order chi connectivity index (χ1) is 14.6. The van der Waals surface area contributed by atoms with Gasteiger partial charge in [-0.05, 0) is 25.9 Å². The van der Waals surface area contributed by atoms with Gasteiger partial charge in [0.15, 0.2) is 0 Å². The highest BCUT2D eigenvalue weighted by molar-refractivity contribution is 5.73. The first-order valence-corrected chi connectivity index (χ1v) is 10.4. The summed E-state index contributed by atoms with van der Waals surface area (Å²) in [6.07, 6.45) is 4.85. The molecule has 0 atom stereocenters. The van der Waals surface area contributed by atoms with E-state index in [2.05, 4.69) is 0 Å². The lowest BCUT2D eigenvalue weighted by atomic mass is 10.1. The predicted molar refractivity (Wildman–Crippen MR) is 112 cm³/mol. The van der Waals surface area contributed by atoms with E-state index >= 15 is 0 Å². The molecule has 0 unspecified atom stereocenters. The summed E-state index contributed by atoms with van der Waals surface area (Å²) in [4.78, 5) is 48.5. The van der Waals surface area contributed by atoms with Crippen molar-refractivity contribution in [3.8, 4) is 0 Å². The summed E-state index contributed by atoms with van der Waals surface area (Å²) in [5, 5.41) is 35.9. The minimum absolute atomic E-state index is 0.212. The van der Waals surface area contributed by atoms with Crippen LogP contribution in [0.25, 0.3) is 0 Å². The van der Waals surface area contributed by atoms with Crippen LogP contribution >= 0.6 is 0 Å². The molecule has 6 N–H and O–H groups in total. The SMILES string of the molecule is NCCCCCCCN(CCN(CC(=O)O)CC(=O)O)CCN(CC(=O)O)CC(=O)O. The number of rotatable bonds is 21. The van der Waals surface area contributed by atoms with Crippen LogP contribution in [0.3, 0.4) is 0 Å². The smallest absolute Gasteiger partial charge is 0.317 e. The third kappa shape index (κ3) is 18.2. The van der Waals surface area contributed by atoms with Crippen molar-refractivity contribution in [2.75, 3.05) is 65.4 Å². The van der Waals surface area contributed by atoms with Crippen molar-refractivity contribution in [3.05, 3.63) is 0 Å². The van der Waals surface area contributed by atoms with E-state index in [1.54, 1.807) is 0 Å². The minimum Gasteiger partial charge on any atom is -0.480 e. The maximum atomic E-state index is 11.0. The molecule has 0 saturated carbocycles. The van der Waals surface area contributed by atoms with Crippen LogP contribution in [-0.4, -0.2) is 124 Å². The van der Waals surface area contributed by atoms with Crippen LogP contribution in [0.15, 0.2) is 0 Å². The molecule has 0 amide bonds. The van der Waals surface area contributed by atoms with Gasteiger partial charge >= 0.3 is 23.9 Å². The molecule has 0 aliphatic rings. The molecule has 0 aromatic carbocycles. The molecule has 12 heteroatoms. The number of nitrogens with two attached hydrogens (primary N) is 1. The van der Waals surface area contributed by atoms with Gasteiger partial charge in [0.05, 0.1) is 26.2 Å². The fourth-order valence-corrected chi connectivity index (χ4v) is 3.10. The molecule has 180 valence electrons. The maximum Gasteiger partial charge on any atom is 0.317 e. The Labute approximate surface area is 182 Å². The van der Waals surface area contributed by atoms with Crippen molar-refractivity contribution in [2.24, 2.45) is 5.73 Å². The largest absolute Gasteiger partial charge is 0.480 e. The second-order valence-electron chi connectivity index (χ2n) is 7.39. The van der Waals surface area contributed by atoms with Gasteiger partial charge in [-0.15, -0.1) is 0 Å². The number of aliphatic carboxylic acids is 4. The zero-order valence-corrected chi connectivity index (χ0v) is 17.9. The van der Waals surface area contributed by atoms with E-state index in [0.29, 0.717) is 26.2 Å². The van der Waals surface area contributed by atoms with Gasteiger partial charge in [0.25, 0.3) is 0 Å². The molecule has 0 spiro atoms. The second-order valence-corrected chi connectivity index (χ2v) is 7.39. The molecule has 0 fully saturated rings. The zero-order chi connectivity index (χ0) is 23.6.